The van der Waals surface area contributed by atoms with Gasteiger partial charge < -0.3 is 10.6 Å². The Kier molecular flexibility index (Phi) is 4.50. The van der Waals surface area contributed by atoms with Crippen LogP contribution in [-0.4, -0.2) is 11.8 Å². The molecule has 0 aliphatic carbocycles. The van der Waals surface area contributed by atoms with Crippen LogP contribution in [0.5, 0.6) is 0 Å². The first kappa shape index (κ1) is 15.6. The van der Waals surface area contributed by atoms with Gasteiger partial charge in [-0.1, -0.05) is 6.07 Å². The van der Waals surface area contributed by atoms with E-state index in [1.54, 1.807) is 6.92 Å². The molecule has 0 bridgehead atoms. The Morgan fingerprint density at radius 2 is 1.68 bits per heavy atom. The molecule has 2 amide bonds. The average Bonchev–Trinajstić information content (AvgIpc) is 2.45. The number of amides is 2. The molecule has 22 heavy (non-hydrogen) atoms. The van der Waals surface area contributed by atoms with Crippen LogP contribution in [0.2, 0.25) is 0 Å². The lowest BCUT2D eigenvalue weighted by molar-refractivity contribution is -0.114. The second-order valence-corrected chi connectivity index (χ2v) is 4.79. The lowest BCUT2D eigenvalue weighted by Crippen LogP contribution is -2.14. The Morgan fingerprint density at radius 1 is 0.955 bits per heavy atom. The zero-order valence-electron chi connectivity index (χ0n) is 12.0. The molecule has 0 aliphatic rings. The Morgan fingerprint density at radius 3 is 2.32 bits per heavy atom. The number of hydrogen-bond donors (Lipinski definition) is 2. The average molecular weight is 304 g/mol. The quantitative estimate of drug-likeness (QED) is 0.912. The molecule has 0 saturated heterocycles. The van der Waals surface area contributed by atoms with Crippen molar-refractivity contribution in [2.75, 3.05) is 10.6 Å². The molecule has 0 saturated carbocycles. The molecule has 4 nitrogen and oxygen atoms in total. The van der Waals surface area contributed by atoms with Gasteiger partial charge in [0, 0.05) is 18.2 Å². The van der Waals surface area contributed by atoms with Gasteiger partial charge in [-0.05, 0) is 42.8 Å². The summed E-state index contributed by atoms with van der Waals surface area (Å²) in [6.07, 6.45) is 0. The van der Waals surface area contributed by atoms with Crippen LogP contribution in [0.3, 0.4) is 0 Å². The molecular formula is C16H14F2N2O2. The molecule has 2 aromatic rings. The molecular weight excluding hydrogens is 290 g/mol. The summed E-state index contributed by atoms with van der Waals surface area (Å²) in [5.41, 5.74) is 0.735. The fourth-order valence-corrected chi connectivity index (χ4v) is 1.83. The third-order valence-corrected chi connectivity index (χ3v) is 2.97. The van der Waals surface area contributed by atoms with E-state index in [0.717, 1.165) is 12.1 Å². The van der Waals surface area contributed by atoms with Crippen molar-refractivity contribution in [3.05, 3.63) is 59.2 Å². The van der Waals surface area contributed by atoms with Crippen molar-refractivity contribution in [1.82, 2.24) is 0 Å². The van der Waals surface area contributed by atoms with Gasteiger partial charge in [0.2, 0.25) is 5.91 Å². The maximum atomic E-state index is 13.7. The molecule has 114 valence electrons. The summed E-state index contributed by atoms with van der Waals surface area (Å²) in [7, 11) is 0. The molecule has 0 heterocycles. The van der Waals surface area contributed by atoms with E-state index in [1.807, 2.05) is 0 Å². The van der Waals surface area contributed by atoms with Crippen molar-refractivity contribution in [3.8, 4) is 0 Å². The number of carbonyl (C=O) groups is 2. The molecule has 0 aromatic heterocycles. The smallest absolute Gasteiger partial charge is 0.255 e. The maximum Gasteiger partial charge on any atom is 0.255 e. The SMILES string of the molecule is CC(=O)Nc1ccc(F)c(NC(=O)c2ccc(C)c(F)c2)c1. The number of carbonyl (C=O) groups excluding carboxylic acids is 2. The molecule has 6 heteroatoms. The van der Waals surface area contributed by atoms with E-state index in [-0.39, 0.29) is 17.2 Å². The van der Waals surface area contributed by atoms with Crippen LogP contribution in [0, 0.1) is 18.6 Å². The number of rotatable bonds is 3. The van der Waals surface area contributed by atoms with E-state index >= 15 is 0 Å². The first-order valence-electron chi connectivity index (χ1n) is 6.51. The normalized spacial score (nSPS) is 10.2. The predicted octanol–water partition coefficient (Wildman–Crippen LogP) is 3.48. The molecule has 0 radical (unpaired) electrons. The highest BCUT2D eigenvalue weighted by molar-refractivity contribution is 6.04. The lowest BCUT2D eigenvalue weighted by Gasteiger charge is -2.09. The maximum absolute atomic E-state index is 13.7. The molecule has 2 rings (SSSR count). The van der Waals surface area contributed by atoms with E-state index in [4.69, 9.17) is 0 Å². The van der Waals surface area contributed by atoms with Gasteiger partial charge in [-0.3, -0.25) is 9.59 Å². The highest BCUT2D eigenvalue weighted by Gasteiger charge is 2.12. The third-order valence-electron chi connectivity index (χ3n) is 2.97. The zero-order chi connectivity index (χ0) is 16.3. The number of anilines is 2. The zero-order valence-corrected chi connectivity index (χ0v) is 12.0. The largest absolute Gasteiger partial charge is 0.326 e. The fourth-order valence-electron chi connectivity index (χ4n) is 1.83. The van der Waals surface area contributed by atoms with E-state index in [2.05, 4.69) is 10.6 Å². The Bertz CT molecular complexity index is 745. The van der Waals surface area contributed by atoms with Crippen molar-refractivity contribution < 1.29 is 18.4 Å². The predicted molar refractivity (Wildman–Crippen MR) is 79.8 cm³/mol. The Hall–Kier alpha value is -2.76. The van der Waals surface area contributed by atoms with Crippen LogP contribution in [0.25, 0.3) is 0 Å². The molecule has 0 fully saturated rings. The summed E-state index contributed by atoms with van der Waals surface area (Å²) in [5.74, 6) is -2.13. The van der Waals surface area contributed by atoms with Gasteiger partial charge in [-0.2, -0.15) is 0 Å². The lowest BCUT2D eigenvalue weighted by atomic mass is 10.1. The molecule has 0 aliphatic heterocycles. The van der Waals surface area contributed by atoms with Gasteiger partial charge in [-0.15, -0.1) is 0 Å². The number of benzene rings is 2. The monoisotopic (exact) mass is 304 g/mol. The number of hydrogen-bond acceptors (Lipinski definition) is 2. The summed E-state index contributed by atoms with van der Waals surface area (Å²) in [6.45, 7) is 2.89. The first-order valence-corrected chi connectivity index (χ1v) is 6.51. The number of nitrogens with one attached hydrogen (secondary N) is 2. The van der Waals surface area contributed by atoms with Gasteiger partial charge in [0.1, 0.15) is 11.6 Å². The summed E-state index contributed by atoms with van der Waals surface area (Å²) < 4.78 is 27.2. The highest BCUT2D eigenvalue weighted by atomic mass is 19.1. The van der Waals surface area contributed by atoms with Crippen molar-refractivity contribution in [2.45, 2.75) is 13.8 Å². The summed E-state index contributed by atoms with van der Waals surface area (Å²) in [4.78, 5) is 23.0. The second-order valence-electron chi connectivity index (χ2n) is 4.79. The molecule has 0 spiro atoms. The van der Waals surface area contributed by atoms with Crippen molar-refractivity contribution in [1.29, 1.82) is 0 Å². The Balaban J connectivity index is 2.23. The minimum Gasteiger partial charge on any atom is -0.326 e. The van der Waals surface area contributed by atoms with Crippen LogP contribution in [0.4, 0.5) is 20.2 Å². The van der Waals surface area contributed by atoms with Gasteiger partial charge in [0.05, 0.1) is 5.69 Å². The standard InChI is InChI=1S/C16H14F2N2O2/c1-9-3-4-11(7-14(9)18)16(22)20-15-8-12(19-10(2)21)5-6-13(15)17/h3-8H,1-2H3,(H,19,21)(H,20,22). The summed E-state index contributed by atoms with van der Waals surface area (Å²) >= 11 is 0. The highest BCUT2D eigenvalue weighted by Crippen LogP contribution is 2.21. The minimum atomic E-state index is -0.657. The van der Waals surface area contributed by atoms with Gasteiger partial charge in [0.15, 0.2) is 0 Å². The fraction of sp³-hybridized carbons (Fsp3) is 0.125. The van der Waals surface area contributed by atoms with Crippen molar-refractivity contribution in [2.24, 2.45) is 0 Å². The number of aryl methyl sites for hydroxylation is 1. The van der Waals surface area contributed by atoms with Crippen LogP contribution < -0.4 is 10.6 Å². The summed E-state index contributed by atoms with van der Waals surface area (Å²) in [5, 5.41) is 4.84. The Labute approximate surface area is 126 Å². The van der Waals surface area contributed by atoms with Crippen LogP contribution in [0.15, 0.2) is 36.4 Å². The van der Waals surface area contributed by atoms with Crippen molar-refractivity contribution >= 4 is 23.2 Å². The van der Waals surface area contributed by atoms with E-state index in [1.165, 1.54) is 31.2 Å². The van der Waals surface area contributed by atoms with Gasteiger partial charge in [0.25, 0.3) is 5.91 Å². The van der Waals surface area contributed by atoms with Gasteiger partial charge in [-0.25, -0.2) is 8.78 Å². The minimum absolute atomic E-state index is 0.0763. The van der Waals surface area contributed by atoms with E-state index in [9.17, 15) is 18.4 Å². The van der Waals surface area contributed by atoms with Crippen LogP contribution in [0.1, 0.15) is 22.8 Å². The van der Waals surface area contributed by atoms with Gasteiger partial charge >= 0.3 is 0 Å². The van der Waals surface area contributed by atoms with E-state index in [0.29, 0.717) is 11.3 Å². The molecule has 2 aromatic carbocycles. The second kappa shape index (κ2) is 6.34. The molecule has 0 atom stereocenters. The van der Waals surface area contributed by atoms with E-state index < -0.39 is 17.5 Å². The topological polar surface area (TPSA) is 58.2 Å². The van der Waals surface area contributed by atoms with Crippen LogP contribution >= 0.6 is 0 Å². The first-order chi connectivity index (χ1) is 10.4. The molecule has 0 unspecified atom stereocenters. The number of halogens is 2. The third kappa shape index (κ3) is 3.66. The summed E-state index contributed by atoms with van der Waals surface area (Å²) in [6, 6.07) is 7.78. The molecule has 2 N–H and O–H groups in total. The van der Waals surface area contributed by atoms with Crippen LogP contribution in [-0.2, 0) is 4.79 Å². The van der Waals surface area contributed by atoms with Crippen molar-refractivity contribution in [3.63, 3.8) is 0 Å².